The Morgan fingerprint density at radius 2 is 1.83 bits per heavy atom. The Morgan fingerprint density at radius 3 is 2.56 bits per heavy atom. The summed E-state index contributed by atoms with van der Waals surface area (Å²) >= 11 is 0. The van der Waals surface area contributed by atoms with Crippen LogP contribution in [-0.2, 0) is 0 Å². The van der Waals surface area contributed by atoms with Gasteiger partial charge in [0.05, 0.1) is 29.0 Å². The van der Waals surface area contributed by atoms with E-state index < -0.39 is 6.10 Å². The van der Waals surface area contributed by atoms with Gasteiger partial charge in [-0.05, 0) is 24.5 Å². The molecule has 0 aliphatic heterocycles. The zero-order valence-electron chi connectivity index (χ0n) is 11.0. The maximum atomic E-state index is 10.1. The Labute approximate surface area is 108 Å². The molecule has 0 saturated heterocycles. The lowest BCUT2D eigenvalue weighted by molar-refractivity contribution is 0.157. The van der Waals surface area contributed by atoms with Gasteiger partial charge in [-0.25, -0.2) is 4.98 Å². The lowest BCUT2D eigenvalue weighted by atomic mass is 10.0. The molecule has 18 heavy (non-hydrogen) atoms. The largest absolute Gasteiger partial charge is 0.387 e. The van der Waals surface area contributed by atoms with Gasteiger partial charge in [0.1, 0.15) is 0 Å². The van der Waals surface area contributed by atoms with E-state index in [1.54, 1.807) is 6.20 Å². The quantitative estimate of drug-likeness (QED) is 0.875. The number of hydrogen-bond donors (Lipinski definition) is 1. The molecule has 0 aliphatic rings. The molecule has 0 bridgehead atoms. The first kappa shape index (κ1) is 13.0. The van der Waals surface area contributed by atoms with E-state index in [9.17, 15) is 5.11 Å². The number of rotatable bonds is 5. The normalized spacial score (nSPS) is 13.1. The number of para-hydroxylation sites is 2. The molecule has 1 unspecified atom stereocenters. The topological polar surface area (TPSA) is 46.0 Å². The van der Waals surface area contributed by atoms with Crippen molar-refractivity contribution in [2.45, 2.75) is 39.2 Å². The van der Waals surface area contributed by atoms with E-state index in [0.717, 1.165) is 30.3 Å². The monoisotopic (exact) mass is 244 g/mol. The molecule has 2 rings (SSSR count). The van der Waals surface area contributed by atoms with Crippen LogP contribution in [0.1, 0.15) is 44.9 Å². The second-order valence-electron chi connectivity index (χ2n) is 5.12. The van der Waals surface area contributed by atoms with E-state index in [4.69, 9.17) is 0 Å². The number of benzene rings is 1. The van der Waals surface area contributed by atoms with Crippen LogP contribution in [0.5, 0.6) is 0 Å². The molecule has 1 atom stereocenters. The Morgan fingerprint density at radius 1 is 1.11 bits per heavy atom. The minimum absolute atomic E-state index is 0.499. The van der Waals surface area contributed by atoms with E-state index in [-0.39, 0.29) is 0 Å². The summed E-state index contributed by atoms with van der Waals surface area (Å²) in [6.07, 6.45) is 4.10. The van der Waals surface area contributed by atoms with Crippen LogP contribution >= 0.6 is 0 Å². The minimum atomic E-state index is -0.499. The van der Waals surface area contributed by atoms with Gasteiger partial charge in [0.2, 0.25) is 0 Å². The lowest BCUT2D eigenvalue weighted by Crippen LogP contribution is -2.02. The Hall–Kier alpha value is -1.48. The second kappa shape index (κ2) is 5.91. The first-order valence-corrected chi connectivity index (χ1v) is 6.56. The molecule has 1 N–H and O–H groups in total. The summed E-state index contributed by atoms with van der Waals surface area (Å²) in [5, 5.41) is 10.1. The van der Waals surface area contributed by atoms with Crippen LogP contribution in [0.3, 0.4) is 0 Å². The number of aliphatic hydroxyl groups excluding tert-OH is 1. The van der Waals surface area contributed by atoms with Crippen molar-refractivity contribution in [1.82, 2.24) is 9.97 Å². The standard InChI is InChI=1S/C15H20N2O/c1-11(2)6-5-9-15(18)14-10-16-12-7-3-4-8-13(12)17-14/h3-4,7-8,10-11,15,18H,5-6,9H2,1-2H3. The average molecular weight is 244 g/mol. The van der Waals surface area contributed by atoms with Crippen molar-refractivity contribution in [3.8, 4) is 0 Å². The number of aliphatic hydroxyl groups is 1. The highest BCUT2D eigenvalue weighted by molar-refractivity contribution is 5.73. The highest BCUT2D eigenvalue weighted by Gasteiger charge is 2.10. The predicted octanol–water partition coefficient (Wildman–Crippen LogP) is 3.49. The lowest BCUT2D eigenvalue weighted by Gasteiger charge is -2.11. The highest BCUT2D eigenvalue weighted by Crippen LogP contribution is 2.20. The van der Waals surface area contributed by atoms with Crippen molar-refractivity contribution >= 4 is 11.0 Å². The molecule has 1 aromatic heterocycles. The molecule has 0 fully saturated rings. The molecule has 96 valence electrons. The van der Waals surface area contributed by atoms with E-state index in [1.807, 2.05) is 24.3 Å². The maximum absolute atomic E-state index is 10.1. The molecule has 0 saturated carbocycles. The van der Waals surface area contributed by atoms with Crippen molar-refractivity contribution < 1.29 is 5.11 Å². The van der Waals surface area contributed by atoms with Crippen LogP contribution < -0.4 is 0 Å². The van der Waals surface area contributed by atoms with Gasteiger partial charge in [0.15, 0.2) is 0 Å². The molecule has 3 heteroatoms. The summed E-state index contributed by atoms with van der Waals surface area (Å²) in [4.78, 5) is 8.78. The van der Waals surface area contributed by atoms with Gasteiger partial charge in [0.25, 0.3) is 0 Å². The summed E-state index contributed by atoms with van der Waals surface area (Å²) < 4.78 is 0. The van der Waals surface area contributed by atoms with Gasteiger partial charge in [-0.1, -0.05) is 38.8 Å². The first-order valence-electron chi connectivity index (χ1n) is 6.56. The van der Waals surface area contributed by atoms with Gasteiger partial charge < -0.3 is 5.11 Å². The van der Waals surface area contributed by atoms with Crippen molar-refractivity contribution in [3.63, 3.8) is 0 Å². The molecule has 2 aromatic rings. The van der Waals surface area contributed by atoms with Crippen molar-refractivity contribution in [2.24, 2.45) is 5.92 Å². The van der Waals surface area contributed by atoms with Crippen LogP contribution in [0, 0.1) is 5.92 Å². The summed E-state index contributed by atoms with van der Waals surface area (Å²) in [5.41, 5.74) is 2.39. The fourth-order valence-corrected chi connectivity index (χ4v) is 2.00. The maximum Gasteiger partial charge on any atom is 0.0975 e. The molecule has 0 amide bonds. The van der Waals surface area contributed by atoms with Gasteiger partial charge in [-0.15, -0.1) is 0 Å². The highest BCUT2D eigenvalue weighted by atomic mass is 16.3. The molecule has 1 heterocycles. The third-order valence-corrected chi connectivity index (χ3v) is 3.07. The van der Waals surface area contributed by atoms with Crippen molar-refractivity contribution in [1.29, 1.82) is 0 Å². The van der Waals surface area contributed by atoms with Crippen molar-refractivity contribution in [3.05, 3.63) is 36.2 Å². The fourth-order valence-electron chi connectivity index (χ4n) is 2.00. The van der Waals surface area contributed by atoms with Crippen LogP contribution in [0.4, 0.5) is 0 Å². The van der Waals surface area contributed by atoms with Crippen LogP contribution in [0.15, 0.2) is 30.5 Å². The van der Waals surface area contributed by atoms with E-state index in [1.165, 1.54) is 0 Å². The summed E-state index contributed by atoms with van der Waals surface area (Å²) in [6, 6.07) is 7.73. The zero-order chi connectivity index (χ0) is 13.0. The number of nitrogens with zero attached hydrogens (tertiary/aromatic N) is 2. The Kier molecular flexibility index (Phi) is 4.26. The Balaban J connectivity index is 2.06. The zero-order valence-corrected chi connectivity index (χ0v) is 11.0. The summed E-state index contributed by atoms with van der Waals surface area (Å²) in [7, 11) is 0. The van der Waals surface area contributed by atoms with Crippen LogP contribution in [0.2, 0.25) is 0 Å². The number of fused-ring (bicyclic) bond motifs is 1. The minimum Gasteiger partial charge on any atom is -0.387 e. The predicted molar refractivity (Wildman–Crippen MR) is 73.2 cm³/mol. The first-order chi connectivity index (χ1) is 8.66. The van der Waals surface area contributed by atoms with Gasteiger partial charge >= 0.3 is 0 Å². The van der Waals surface area contributed by atoms with E-state index in [0.29, 0.717) is 11.6 Å². The van der Waals surface area contributed by atoms with E-state index in [2.05, 4.69) is 23.8 Å². The van der Waals surface area contributed by atoms with E-state index >= 15 is 0 Å². The summed E-state index contributed by atoms with van der Waals surface area (Å²) in [6.45, 7) is 4.39. The van der Waals surface area contributed by atoms with Gasteiger partial charge in [-0.3, -0.25) is 4.98 Å². The number of aromatic nitrogens is 2. The molecule has 1 aromatic carbocycles. The molecule has 0 radical (unpaired) electrons. The smallest absolute Gasteiger partial charge is 0.0975 e. The van der Waals surface area contributed by atoms with Crippen molar-refractivity contribution in [2.75, 3.05) is 0 Å². The fraction of sp³-hybridized carbons (Fsp3) is 0.467. The third kappa shape index (κ3) is 3.26. The Bertz CT molecular complexity index is 511. The summed E-state index contributed by atoms with van der Waals surface area (Å²) in [5.74, 6) is 0.680. The van der Waals surface area contributed by atoms with Crippen LogP contribution in [-0.4, -0.2) is 15.1 Å². The molecular formula is C15H20N2O. The third-order valence-electron chi connectivity index (χ3n) is 3.07. The molecule has 0 spiro atoms. The average Bonchev–Trinajstić information content (AvgIpc) is 2.37. The molecular weight excluding hydrogens is 224 g/mol. The van der Waals surface area contributed by atoms with Gasteiger partial charge in [0, 0.05) is 0 Å². The molecule has 3 nitrogen and oxygen atoms in total. The molecule has 0 aliphatic carbocycles. The van der Waals surface area contributed by atoms with Crippen LogP contribution in [0.25, 0.3) is 11.0 Å². The second-order valence-corrected chi connectivity index (χ2v) is 5.12. The number of hydrogen-bond acceptors (Lipinski definition) is 3. The van der Waals surface area contributed by atoms with Gasteiger partial charge in [-0.2, -0.15) is 0 Å². The SMILES string of the molecule is CC(C)CCCC(O)c1cnc2ccccc2n1.